The van der Waals surface area contributed by atoms with E-state index in [1.807, 2.05) is 19.1 Å². The summed E-state index contributed by atoms with van der Waals surface area (Å²) in [5.41, 5.74) is 5.32. The molecule has 5 heteroatoms. The molecule has 0 radical (unpaired) electrons. The Labute approximate surface area is 131 Å². The van der Waals surface area contributed by atoms with Gasteiger partial charge in [0.25, 0.3) is 6.43 Å². The van der Waals surface area contributed by atoms with Crippen molar-refractivity contribution < 1.29 is 8.78 Å². The van der Waals surface area contributed by atoms with Gasteiger partial charge in [-0.2, -0.15) is 0 Å². The predicted octanol–water partition coefficient (Wildman–Crippen LogP) is 5.02. The number of fused-ring (bicyclic) bond motifs is 3. The molecule has 3 nitrogen and oxygen atoms in total. The molecule has 0 aliphatic heterocycles. The molecule has 3 aromatic heterocycles. The van der Waals surface area contributed by atoms with E-state index in [1.165, 1.54) is 12.1 Å². The van der Waals surface area contributed by atoms with Crippen molar-refractivity contribution in [2.24, 2.45) is 0 Å². The number of aryl methyl sites for hydroxylation is 1. The molecule has 0 fully saturated rings. The Morgan fingerprint density at radius 1 is 1.13 bits per heavy atom. The summed E-state index contributed by atoms with van der Waals surface area (Å²) in [6.45, 7) is 1.98. The number of nitrogens with one attached hydrogen (secondary N) is 1. The van der Waals surface area contributed by atoms with Gasteiger partial charge in [-0.1, -0.05) is 12.1 Å². The third-order valence-electron chi connectivity index (χ3n) is 4.03. The van der Waals surface area contributed by atoms with Crippen LogP contribution in [-0.4, -0.2) is 15.0 Å². The third kappa shape index (κ3) is 2.16. The fourth-order valence-corrected chi connectivity index (χ4v) is 2.95. The first kappa shape index (κ1) is 13.8. The first-order valence-electron chi connectivity index (χ1n) is 7.24. The van der Waals surface area contributed by atoms with Crippen molar-refractivity contribution in [1.29, 1.82) is 0 Å². The van der Waals surface area contributed by atoms with Crippen LogP contribution in [0.4, 0.5) is 8.78 Å². The molecule has 0 unspecified atom stereocenters. The number of nitrogens with zero attached hydrogens (tertiary/aromatic N) is 2. The minimum absolute atomic E-state index is 0.00343. The number of halogens is 2. The van der Waals surface area contributed by atoms with E-state index >= 15 is 0 Å². The summed E-state index contributed by atoms with van der Waals surface area (Å²) in [4.78, 5) is 11.9. The van der Waals surface area contributed by atoms with Crippen molar-refractivity contribution in [3.63, 3.8) is 0 Å². The first-order chi connectivity index (χ1) is 11.1. The summed E-state index contributed by atoms with van der Waals surface area (Å²) >= 11 is 0. The summed E-state index contributed by atoms with van der Waals surface area (Å²) in [5, 5.41) is 0.711. The lowest BCUT2D eigenvalue weighted by molar-refractivity contribution is 0.151. The van der Waals surface area contributed by atoms with Gasteiger partial charge in [-0.25, -0.2) is 8.78 Å². The lowest BCUT2D eigenvalue weighted by atomic mass is 10.0. The second kappa shape index (κ2) is 5.12. The highest BCUT2D eigenvalue weighted by atomic mass is 19.3. The number of alkyl halides is 2. The molecule has 0 aliphatic rings. The van der Waals surface area contributed by atoms with Crippen molar-refractivity contribution >= 4 is 21.9 Å². The van der Waals surface area contributed by atoms with Gasteiger partial charge in [-0.15, -0.1) is 0 Å². The number of benzene rings is 1. The molecule has 0 atom stereocenters. The molecular weight excluding hydrogens is 296 g/mol. The quantitative estimate of drug-likeness (QED) is 0.564. The SMILES string of the molecule is Cc1cnc2c([nH]c3ccc(C(F)F)cc32)c1-c1cccnc1. The van der Waals surface area contributed by atoms with Crippen LogP contribution < -0.4 is 0 Å². The van der Waals surface area contributed by atoms with Crippen LogP contribution in [0.25, 0.3) is 33.1 Å². The second-order valence-electron chi connectivity index (χ2n) is 5.51. The van der Waals surface area contributed by atoms with Crippen molar-refractivity contribution in [3.8, 4) is 11.1 Å². The molecule has 1 N–H and O–H groups in total. The molecule has 0 bridgehead atoms. The average Bonchev–Trinajstić information content (AvgIpc) is 2.92. The molecule has 0 saturated carbocycles. The third-order valence-corrected chi connectivity index (χ3v) is 4.03. The molecule has 4 rings (SSSR count). The first-order valence-corrected chi connectivity index (χ1v) is 7.24. The summed E-state index contributed by atoms with van der Waals surface area (Å²) in [5.74, 6) is 0. The van der Waals surface area contributed by atoms with E-state index in [0.29, 0.717) is 10.9 Å². The van der Waals surface area contributed by atoms with Crippen LogP contribution in [0.1, 0.15) is 17.6 Å². The average molecular weight is 309 g/mol. The van der Waals surface area contributed by atoms with Gasteiger partial charge >= 0.3 is 0 Å². The zero-order valence-electron chi connectivity index (χ0n) is 12.3. The molecule has 23 heavy (non-hydrogen) atoms. The van der Waals surface area contributed by atoms with Gasteiger partial charge in [-0.05, 0) is 30.7 Å². The Balaban J connectivity index is 2.08. The maximum absolute atomic E-state index is 13.0. The Bertz CT molecular complexity index is 1010. The number of hydrogen-bond acceptors (Lipinski definition) is 2. The second-order valence-corrected chi connectivity index (χ2v) is 5.51. The summed E-state index contributed by atoms with van der Waals surface area (Å²) in [6, 6.07) is 8.48. The molecule has 0 amide bonds. The number of H-pyrrole nitrogens is 1. The van der Waals surface area contributed by atoms with Crippen LogP contribution in [0, 0.1) is 6.92 Å². The Morgan fingerprint density at radius 2 is 2.00 bits per heavy atom. The predicted molar refractivity (Wildman–Crippen MR) is 86.5 cm³/mol. The lowest BCUT2D eigenvalue weighted by Crippen LogP contribution is -1.88. The van der Waals surface area contributed by atoms with Crippen LogP contribution in [0.5, 0.6) is 0 Å². The number of aromatic nitrogens is 3. The fraction of sp³-hybridized carbons (Fsp3) is 0.111. The molecule has 3 heterocycles. The van der Waals surface area contributed by atoms with E-state index in [-0.39, 0.29) is 5.56 Å². The number of aromatic amines is 1. The zero-order chi connectivity index (χ0) is 16.0. The normalized spacial score (nSPS) is 11.7. The van der Waals surface area contributed by atoms with Crippen molar-refractivity contribution in [2.75, 3.05) is 0 Å². The molecule has 0 spiro atoms. The van der Waals surface area contributed by atoms with Gasteiger partial charge in [0.15, 0.2) is 0 Å². The summed E-state index contributed by atoms with van der Waals surface area (Å²) < 4.78 is 25.9. The largest absolute Gasteiger partial charge is 0.353 e. The standard InChI is InChI=1S/C18H13F2N3/c1-10-8-22-16-13-7-11(18(19)20)4-5-14(13)23-17(16)15(10)12-3-2-6-21-9-12/h2-9,18,23H,1H3. The van der Waals surface area contributed by atoms with E-state index < -0.39 is 6.43 Å². The van der Waals surface area contributed by atoms with E-state index in [0.717, 1.165) is 27.7 Å². The highest BCUT2D eigenvalue weighted by Gasteiger charge is 2.15. The minimum atomic E-state index is -2.49. The molecule has 4 aromatic rings. The molecule has 1 aromatic carbocycles. The number of rotatable bonds is 2. The van der Waals surface area contributed by atoms with Crippen LogP contribution in [-0.2, 0) is 0 Å². The molecule has 0 saturated heterocycles. The van der Waals surface area contributed by atoms with E-state index in [1.54, 1.807) is 24.7 Å². The van der Waals surface area contributed by atoms with Crippen LogP contribution in [0.3, 0.4) is 0 Å². The van der Waals surface area contributed by atoms with Gasteiger partial charge in [0.1, 0.15) is 0 Å². The number of pyridine rings is 2. The lowest BCUT2D eigenvalue weighted by Gasteiger charge is -2.06. The van der Waals surface area contributed by atoms with Gasteiger partial charge in [-0.3, -0.25) is 9.97 Å². The van der Waals surface area contributed by atoms with Gasteiger partial charge < -0.3 is 4.98 Å². The van der Waals surface area contributed by atoms with Gasteiger partial charge in [0, 0.05) is 46.2 Å². The van der Waals surface area contributed by atoms with Crippen LogP contribution >= 0.6 is 0 Å². The highest BCUT2D eigenvalue weighted by Crippen LogP contribution is 2.35. The van der Waals surface area contributed by atoms with Crippen molar-refractivity contribution in [1.82, 2.24) is 15.0 Å². The Hall–Kier alpha value is -2.82. The van der Waals surface area contributed by atoms with Crippen LogP contribution in [0.15, 0.2) is 48.9 Å². The topological polar surface area (TPSA) is 41.6 Å². The molecular formula is C18H13F2N3. The molecule has 0 aliphatic carbocycles. The van der Waals surface area contributed by atoms with Gasteiger partial charge in [0.2, 0.25) is 0 Å². The van der Waals surface area contributed by atoms with Crippen molar-refractivity contribution in [3.05, 3.63) is 60.0 Å². The zero-order valence-corrected chi connectivity index (χ0v) is 12.3. The van der Waals surface area contributed by atoms with Gasteiger partial charge in [0.05, 0.1) is 11.0 Å². The van der Waals surface area contributed by atoms with E-state index in [9.17, 15) is 8.78 Å². The summed E-state index contributed by atoms with van der Waals surface area (Å²) in [7, 11) is 0. The maximum Gasteiger partial charge on any atom is 0.263 e. The Morgan fingerprint density at radius 3 is 2.74 bits per heavy atom. The van der Waals surface area contributed by atoms with Crippen LogP contribution in [0.2, 0.25) is 0 Å². The van der Waals surface area contributed by atoms with Crippen molar-refractivity contribution in [2.45, 2.75) is 13.3 Å². The number of hydrogen-bond donors (Lipinski definition) is 1. The van der Waals surface area contributed by atoms with E-state index in [4.69, 9.17) is 0 Å². The van der Waals surface area contributed by atoms with E-state index in [2.05, 4.69) is 15.0 Å². The highest BCUT2D eigenvalue weighted by molar-refractivity contribution is 6.10. The summed E-state index contributed by atoms with van der Waals surface area (Å²) in [6.07, 6.45) is 2.79. The fourth-order valence-electron chi connectivity index (χ4n) is 2.95. The molecule has 114 valence electrons. The smallest absolute Gasteiger partial charge is 0.263 e. The maximum atomic E-state index is 13.0. The Kier molecular flexibility index (Phi) is 3.08. The minimum Gasteiger partial charge on any atom is -0.353 e. The monoisotopic (exact) mass is 309 g/mol.